The number of carbonyl (C=O) groups excluding carboxylic acids is 3. The van der Waals surface area contributed by atoms with Gasteiger partial charge in [0.25, 0.3) is 11.8 Å². The maximum absolute atomic E-state index is 12.4. The van der Waals surface area contributed by atoms with Crippen molar-refractivity contribution in [3.05, 3.63) is 35.4 Å². The number of fused-ring (bicyclic) bond motifs is 1. The number of likely N-dealkylation sites (tertiary alicyclic amines) is 1. The third-order valence-electron chi connectivity index (χ3n) is 3.78. The molecule has 5 nitrogen and oxygen atoms in total. The van der Waals surface area contributed by atoms with Gasteiger partial charge < -0.3 is 4.90 Å². The number of imide groups is 1. The van der Waals surface area contributed by atoms with Gasteiger partial charge in [0.2, 0.25) is 5.91 Å². The van der Waals surface area contributed by atoms with Crippen LogP contribution >= 0.6 is 0 Å². The zero-order chi connectivity index (χ0) is 14.4. The Kier molecular flexibility index (Phi) is 2.36. The molecule has 0 radical (unpaired) electrons. The van der Waals surface area contributed by atoms with Crippen LogP contribution in [0.2, 0.25) is 0 Å². The first-order chi connectivity index (χ1) is 9.49. The van der Waals surface area contributed by atoms with E-state index in [2.05, 4.69) is 0 Å². The van der Waals surface area contributed by atoms with Gasteiger partial charge in [0.1, 0.15) is 6.04 Å². The molecule has 5 heteroatoms. The lowest BCUT2D eigenvalue weighted by molar-refractivity contribution is -0.150. The Morgan fingerprint density at radius 3 is 2.89 bits per heavy atom. The minimum absolute atomic E-state index is 0.193. The van der Waals surface area contributed by atoms with Gasteiger partial charge in [0.15, 0.2) is 0 Å². The summed E-state index contributed by atoms with van der Waals surface area (Å²) in [5, 5.41) is 0. The van der Waals surface area contributed by atoms with E-state index < -0.39 is 6.04 Å². The maximum atomic E-state index is 12.4. The van der Waals surface area contributed by atoms with Crippen molar-refractivity contribution in [2.24, 2.45) is 0 Å². The van der Waals surface area contributed by atoms with Gasteiger partial charge in [-0.25, -0.2) is 0 Å². The summed E-state index contributed by atoms with van der Waals surface area (Å²) in [6.07, 6.45) is 0.645. The topological polar surface area (TPSA) is 57.7 Å². The third-order valence-corrected chi connectivity index (χ3v) is 3.78. The summed E-state index contributed by atoms with van der Waals surface area (Å²) < 4.78 is 7.59. The number of likely N-dealkylation sites (N-methyl/N-ethyl adjacent to an activating group) is 1. The Labute approximate surface area is 112 Å². The summed E-state index contributed by atoms with van der Waals surface area (Å²) in [7, 11) is 1.45. The number of hydrogen-bond acceptors (Lipinski definition) is 3. The molecule has 0 saturated carbocycles. The van der Waals surface area contributed by atoms with Crippen molar-refractivity contribution >= 4 is 17.7 Å². The maximum Gasteiger partial charge on any atom is 0.255 e. The van der Waals surface area contributed by atoms with Crippen LogP contribution < -0.4 is 0 Å². The average molecular weight is 259 g/mol. The van der Waals surface area contributed by atoms with E-state index in [9.17, 15) is 14.4 Å². The van der Waals surface area contributed by atoms with Crippen LogP contribution in [0.3, 0.4) is 0 Å². The van der Waals surface area contributed by atoms with Crippen molar-refractivity contribution in [2.45, 2.75) is 25.4 Å². The van der Waals surface area contributed by atoms with E-state index >= 15 is 0 Å². The first kappa shape index (κ1) is 10.7. The van der Waals surface area contributed by atoms with Crippen molar-refractivity contribution in [3.63, 3.8) is 0 Å². The second-order valence-electron chi connectivity index (χ2n) is 4.86. The zero-order valence-electron chi connectivity index (χ0n) is 11.5. The number of rotatable bonds is 1. The fraction of sp³-hybridized carbons (Fsp3) is 0.357. The molecule has 0 aromatic heterocycles. The molecular formula is C14H14N2O3. The van der Waals surface area contributed by atoms with Gasteiger partial charge in [0, 0.05) is 25.6 Å². The van der Waals surface area contributed by atoms with Gasteiger partial charge in [-0.1, -0.05) is 18.2 Å². The van der Waals surface area contributed by atoms with Crippen LogP contribution in [-0.4, -0.2) is 40.6 Å². The molecule has 2 aliphatic rings. The Hall–Kier alpha value is -2.17. The fourth-order valence-corrected chi connectivity index (χ4v) is 2.65. The van der Waals surface area contributed by atoms with Crippen molar-refractivity contribution < 1.29 is 15.8 Å². The highest BCUT2D eigenvalue weighted by atomic mass is 16.2. The van der Waals surface area contributed by atoms with Crippen molar-refractivity contribution in [3.8, 4) is 0 Å². The van der Waals surface area contributed by atoms with Crippen LogP contribution in [-0.2, 0) is 16.1 Å². The van der Waals surface area contributed by atoms with E-state index in [1.165, 1.54) is 11.9 Å². The SMILES string of the molecule is [2H]c1ccc2c(c1)CN(C1CCC(=O)N(C)C1=O)C2=O. The predicted molar refractivity (Wildman–Crippen MR) is 67.1 cm³/mol. The molecule has 0 spiro atoms. The highest BCUT2D eigenvalue weighted by molar-refractivity contribution is 6.05. The molecule has 1 aromatic carbocycles. The normalized spacial score (nSPS) is 23.7. The van der Waals surface area contributed by atoms with Gasteiger partial charge in [-0.05, 0) is 18.1 Å². The van der Waals surface area contributed by atoms with E-state index in [-0.39, 0.29) is 24.1 Å². The summed E-state index contributed by atoms with van der Waals surface area (Å²) in [6.45, 7) is 0.333. The molecule has 0 N–H and O–H groups in total. The van der Waals surface area contributed by atoms with Gasteiger partial charge in [-0.15, -0.1) is 0 Å². The molecule has 0 bridgehead atoms. The van der Waals surface area contributed by atoms with E-state index in [4.69, 9.17) is 1.37 Å². The van der Waals surface area contributed by atoms with Gasteiger partial charge in [-0.3, -0.25) is 19.3 Å². The first-order valence-electron chi connectivity index (χ1n) is 6.70. The average Bonchev–Trinajstić information content (AvgIpc) is 2.73. The monoisotopic (exact) mass is 259 g/mol. The lowest BCUT2D eigenvalue weighted by Crippen LogP contribution is -2.53. The molecule has 3 amide bonds. The minimum Gasteiger partial charge on any atom is -0.322 e. The number of hydrogen-bond donors (Lipinski definition) is 0. The van der Waals surface area contributed by atoms with E-state index in [1.807, 2.05) is 0 Å². The molecule has 1 atom stereocenters. The molecule has 1 saturated heterocycles. The number of piperidine rings is 1. The summed E-state index contributed by atoms with van der Waals surface area (Å²) in [4.78, 5) is 38.6. The molecule has 1 unspecified atom stereocenters. The molecule has 98 valence electrons. The molecule has 19 heavy (non-hydrogen) atoms. The van der Waals surface area contributed by atoms with Crippen LogP contribution in [0.15, 0.2) is 24.2 Å². The fourth-order valence-electron chi connectivity index (χ4n) is 2.65. The smallest absolute Gasteiger partial charge is 0.255 e. The Balaban J connectivity index is 1.89. The van der Waals surface area contributed by atoms with Crippen molar-refractivity contribution in [2.75, 3.05) is 7.05 Å². The zero-order valence-corrected chi connectivity index (χ0v) is 10.5. The van der Waals surface area contributed by atoms with Crippen LogP contribution in [0.25, 0.3) is 0 Å². The van der Waals surface area contributed by atoms with E-state index in [0.717, 1.165) is 10.5 Å². The summed E-state index contributed by atoms with van der Waals surface area (Å²) in [5.74, 6) is -0.724. The second kappa shape index (κ2) is 4.19. The number of nitrogens with zero attached hydrogens (tertiary/aromatic N) is 2. The largest absolute Gasteiger partial charge is 0.322 e. The highest BCUT2D eigenvalue weighted by Gasteiger charge is 2.41. The third kappa shape index (κ3) is 1.73. The molecule has 1 fully saturated rings. The number of carbonyl (C=O) groups is 3. The molecular weight excluding hydrogens is 244 g/mol. The Bertz CT molecular complexity index is 629. The molecule has 2 heterocycles. The van der Waals surface area contributed by atoms with E-state index in [0.29, 0.717) is 24.6 Å². The summed E-state index contributed by atoms with van der Waals surface area (Å²) in [5.41, 5.74) is 1.32. The van der Waals surface area contributed by atoms with Crippen molar-refractivity contribution in [1.29, 1.82) is 0 Å². The van der Waals surface area contributed by atoms with Gasteiger partial charge in [-0.2, -0.15) is 0 Å². The Morgan fingerprint density at radius 2 is 2.11 bits per heavy atom. The van der Waals surface area contributed by atoms with Gasteiger partial charge >= 0.3 is 0 Å². The molecule has 3 rings (SSSR count). The summed E-state index contributed by atoms with van der Waals surface area (Å²) >= 11 is 0. The first-order valence-corrected chi connectivity index (χ1v) is 6.20. The van der Waals surface area contributed by atoms with Gasteiger partial charge in [0.05, 0.1) is 1.37 Å². The van der Waals surface area contributed by atoms with Crippen LogP contribution in [0, 0.1) is 0 Å². The second-order valence-corrected chi connectivity index (χ2v) is 4.86. The Morgan fingerprint density at radius 1 is 1.32 bits per heavy atom. The van der Waals surface area contributed by atoms with Crippen LogP contribution in [0.1, 0.15) is 30.1 Å². The minimum atomic E-state index is -0.577. The van der Waals surface area contributed by atoms with Crippen LogP contribution in [0.4, 0.5) is 0 Å². The predicted octanol–water partition coefficient (Wildman–Crippen LogP) is 0.790. The van der Waals surface area contributed by atoms with Crippen molar-refractivity contribution in [1.82, 2.24) is 9.80 Å². The molecule has 0 aliphatic carbocycles. The lowest BCUT2D eigenvalue weighted by atomic mass is 10.0. The lowest BCUT2D eigenvalue weighted by Gasteiger charge is -2.33. The van der Waals surface area contributed by atoms with Crippen LogP contribution in [0.5, 0.6) is 0 Å². The van der Waals surface area contributed by atoms with E-state index in [1.54, 1.807) is 18.2 Å². The number of amides is 3. The molecule has 1 aromatic rings. The standard InChI is InChI=1S/C14H14N2O3/c1-15-12(17)7-6-11(14(15)19)16-8-9-4-2-3-5-10(9)13(16)18/h2-5,11H,6-8H2,1H3/i2D. The number of benzene rings is 1. The quantitative estimate of drug-likeness (QED) is 0.701. The summed E-state index contributed by atoms with van der Waals surface area (Å²) in [6, 6.07) is 4.61. The highest BCUT2D eigenvalue weighted by Crippen LogP contribution is 2.28. The molecule has 2 aliphatic heterocycles.